The summed E-state index contributed by atoms with van der Waals surface area (Å²) in [6.45, 7) is 8.94. The van der Waals surface area contributed by atoms with Gasteiger partial charge in [0.1, 0.15) is 0 Å². The van der Waals surface area contributed by atoms with Gasteiger partial charge in [-0.25, -0.2) is 0 Å². The van der Waals surface area contributed by atoms with E-state index in [2.05, 4.69) is 22.2 Å². The van der Waals surface area contributed by atoms with Gasteiger partial charge in [0, 0.05) is 51.5 Å². The number of hydrogen-bond acceptors (Lipinski definition) is 5. The zero-order chi connectivity index (χ0) is 16.1. The second kappa shape index (κ2) is 7.76. The normalized spacial score (nSPS) is 17.0. The molecule has 0 aliphatic carbocycles. The van der Waals surface area contributed by atoms with Crippen LogP contribution in [0.3, 0.4) is 0 Å². The molecular weight excluding hydrogens is 280 g/mol. The summed E-state index contributed by atoms with van der Waals surface area (Å²) >= 11 is 0. The average molecular weight is 308 g/mol. The second-order valence-corrected chi connectivity index (χ2v) is 6.18. The predicted octanol–water partition coefficient (Wildman–Crippen LogP) is 0.126. The van der Waals surface area contributed by atoms with Gasteiger partial charge in [-0.2, -0.15) is 0 Å². The van der Waals surface area contributed by atoms with E-state index >= 15 is 0 Å². The van der Waals surface area contributed by atoms with Gasteiger partial charge < -0.3 is 24.8 Å². The Morgan fingerprint density at radius 2 is 1.91 bits per heavy atom. The van der Waals surface area contributed by atoms with E-state index in [9.17, 15) is 9.90 Å². The highest BCUT2D eigenvalue weighted by Crippen LogP contribution is 2.12. The summed E-state index contributed by atoms with van der Waals surface area (Å²) in [5.74, 6) is -0.139. The minimum absolute atomic E-state index is 0.139. The first kappa shape index (κ1) is 17.0. The molecule has 2 heterocycles. The molecule has 1 aromatic heterocycles. The first-order valence-corrected chi connectivity index (χ1v) is 7.99. The van der Waals surface area contributed by atoms with E-state index in [1.54, 1.807) is 0 Å². The number of nitrogens with one attached hydrogen (secondary N) is 1. The van der Waals surface area contributed by atoms with Crippen LogP contribution in [-0.2, 0) is 13.6 Å². The van der Waals surface area contributed by atoms with Crippen molar-refractivity contribution in [1.29, 1.82) is 0 Å². The van der Waals surface area contributed by atoms with Crippen LogP contribution in [-0.4, -0.2) is 65.8 Å². The van der Waals surface area contributed by atoms with Crippen LogP contribution in [0.2, 0.25) is 0 Å². The summed E-state index contributed by atoms with van der Waals surface area (Å²) in [7, 11) is 4.03. The Kier molecular flexibility index (Phi) is 5.99. The third kappa shape index (κ3) is 4.32. The largest absolute Gasteiger partial charge is 0.503 e. The van der Waals surface area contributed by atoms with Crippen LogP contribution < -0.4 is 10.7 Å². The fourth-order valence-corrected chi connectivity index (χ4v) is 2.78. The maximum absolute atomic E-state index is 11.6. The summed E-state index contributed by atoms with van der Waals surface area (Å²) < 4.78 is 1.87. The van der Waals surface area contributed by atoms with E-state index in [0.29, 0.717) is 12.2 Å². The van der Waals surface area contributed by atoms with E-state index in [0.717, 1.165) is 51.4 Å². The quantitative estimate of drug-likeness (QED) is 0.732. The maximum atomic E-state index is 11.6. The summed E-state index contributed by atoms with van der Waals surface area (Å²) in [6, 6.07) is 1.46. The van der Waals surface area contributed by atoms with Crippen molar-refractivity contribution in [2.45, 2.75) is 19.9 Å². The van der Waals surface area contributed by atoms with Gasteiger partial charge >= 0.3 is 0 Å². The maximum Gasteiger partial charge on any atom is 0.223 e. The number of rotatable bonds is 6. The fraction of sp³-hybridized carbons (Fsp3) is 0.688. The van der Waals surface area contributed by atoms with Crippen molar-refractivity contribution in [2.75, 3.05) is 46.3 Å². The molecule has 0 bridgehead atoms. The number of hydrogen-bond donors (Lipinski definition) is 2. The molecule has 1 fully saturated rings. The minimum atomic E-state index is -0.301. The van der Waals surface area contributed by atoms with Crippen molar-refractivity contribution in [3.63, 3.8) is 0 Å². The lowest BCUT2D eigenvalue weighted by Crippen LogP contribution is -2.45. The van der Waals surface area contributed by atoms with Crippen LogP contribution in [0.5, 0.6) is 5.75 Å². The molecule has 1 aromatic rings. The van der Waals surface area contributed by atoms with Crippen molar-refractivity contribution in [3.05, 3.63) is 27.7 Å². The Labute approximate surface area is 132 Å². The first-order valence-electron chi connectivity index (χ1n) is 7.99. The number of piperazine rings is 1. The Hall–Kier alpha value is -1.37. The van der Waals surface area contributed by atoms with Gasteiger partial charge in [-0.05, 0) is 33.5 Å². The molecule has 1 aliphatic heterocycles. The summed E-state index contributed by atoms with van der Waals surface area (Å²) in [6.07, 6.45) is 1.07. The zero-order valence-corrected chi connectivity index (χ0v) is 13.9. The Balaban J connectivity index is 1.74. The van der Waals surface area contributed by atoms with Crippen LogP contribution in [0.1, 0.15) is 17.8 Å². The van der Waals surface area contributed by atoms with Crippen molar-refractivity contribution >= 4 is 0 Å². The topological polar surface area (TPSA) is 60.7 Å². The third-order valence-electron chi connectivity index (χ3n) is 4.50. The van der Waals surface area contributed by atoms with Crippen molar-refractivity contribution in [3.8, 4) is 5.75 Å². The molecule has 0 aromatic carbocycles. The van der Waals surface area contributed by atoms with Crippen LogP contribution in [0, 0.1) is 6.92 Å². The lowest BCUT2D eigenvalue weighted by atomic mass is 10.2. The van der Waals surface area contributed by atoms with E-state index in [4.69, 9.17) is 0 Å². The standard InChI is InChI=1S/C16H28N4O2/c1-13-11-15(21)16(22)14(19(13)3)12-17-5-4-6-20-9-7-18(2)8-10-20/h11,17,22H,4-10,12H2,1-3H3. The molecule has 2 rings (SSSR count). The van der Waals surface area contributed by atoms with Crippen LogP contribution in [0.15, 0.2) is 10.9 Å². The summed E-state index contributed by atoms with van der Waals surface area (Å²) in [5, 5.41) is 13.2. The zero-order valence-electron chi connectivity index (χ0n) is 13.9. The van der Waals surface area contributed by atoms with Crippen molar-refractivity contribution in [1.82, 2.24) is 19.7 Å². The highest BCUT2D eigenvalue weighted by Gasteiger charge is 2.13. The van der Waals surface area contributed by atoms with Gasteiger partial charge in [-0.3, -0.25) is 4.79 Å². The highest BCUT2D eigenvalue weighted by molar-refractivity contribution is 5.29. The van der Waals surface area contributed by atoms with Crippen molar-refractivity contribution < 1.29 is 5.11 Å². The number of aryl methyl sites for hydroxylation is 1. The molecule has 0 radical (unpaired) electrons. The number of likely N-dealkylation sites (N-methyl/N-ethyl adjacent to an activating group) is 1. The smallest absolute Gasteiger partial charge is 0.223 e. The molecule has 0 amide bonds. The van der Waals surface area contributed by atoms with Gasteiger partial charge in [-0.15, -0.1) is 0 Å². The van der Waals surface area contributed by atoms with Crippen LogP contribution >= 0.6 is 0 Å². The van der Waals surface area contributed by atoms with Crippen molar-refractivity contribution in [2.24, 2.45) is 7.05 Å². The molecule has 0 spiro atoms. The molecule has 22 heavy (non-hydrogen) atoms. The molecule has 0 atom stereocenters. The molecule has 1 aliphatic rings. The molecule has 0 saturated carbocycles. The fourth-order valence-electron chi connectivity index (χ4n) is 2.78. The van der Waals surface area contributed by atoms with Gasteiger partial charge in [0.15, 0.2) is 5.75 Å². The lowest BCUT2D eigenvalue weighted by Gasteiger charge is -2.32. The number of nitrogens with zero attached hydrogens (tertiary/aromatic N) is 3. The molecule has 124 valence electrons. The van der Waals surface area contributed by atoms with Gasteiger partial charge in [0.2, 0.25) is 5.43 Å². The average Bonchev–Trinajstić information content (AvgIpc) is 2.50. The SMILES string of the molecule is Cc1cc(=O)c(O)c(CNCCCN2CCN(C)CC2)n1C. The monoisotopic (exact) mass is 308 g/mol. The number of aromatic hydroxyl groups is 1. The summed E-state index contributed by atoms with van der Waals surface area (Å²) in [5.41, 5.74) is 1.21. The second-order valence-electron chi connectivity index (χ2n) is 6.18. The Bertz CT molecular complexity index is 548. The highest BCUT2D eigenvalue weighted by atomic mass is 16.3. The molecular formula is C16H28N4O2. The van der Waals surface area contributed by atoms with Gasteiger partial charge in [-0.1, -0.05) is 0 Å². The Morgan fingerprint density at radius 1 is 1.23 bits per heavy atom. The molecule has 6 heteroatoms. The third-order valence-corrected chi connectivity index (χ3v) is 4.50. The van der Waals surface area contributed by atoms with E-state index < -0.39 is 0 Å². The van der Waals surface area contributed by atoms with E-state index in [-0.39, 0.29) is 11.2 Å². The lowest BCUT2D eigenvalue weighted by molar-refractivity contribution is 0.152. The molecule has 2 N–H and O–H groups in total. The first-order chi connectivity index (χ1) is 10.5. The Morgan fingerprint density at radius 3 is 2.59 bits per heavy atom. The van der Waals surface area contributed by atoms with Crippen LogP contribution in [0.4, 0.5) is 0 Å². The number of pyridine rings is 1. The minimum Gasteiger partial charge on any atom is -0.503 e. The van der Waals surface area contributed by atoms with Crippen LogP contribution in [0.25, 0.3) is 0 Å². The van der Waals surface area contributed by atoms with E-state index in [1.165, 1.54) is 6.07 Å². The molecule has 6 nitrogen and oxygen atoms in total. The molecule has 0 unspecified atom stereocenters. The van der Waals surface area contributed by atoms with Gasteiger partial charge in [0.05, 0.1) is 5.69 Å². The van der Waals surface area contributed by atoms with E-state index in [1.807, 2.05) is 18.5 Å². The predicted molar refractivity (Wildman–Crippen MR) is 88.3 cm³/mol. The molecule has 1 saturated heterocycles. The van der Waals surface area contributed by atoms with Gasteiger partial charge in [0.25, 0.3) is 0 Å². The number of aromatic nitrogens is 1. The summed E-state index contributed by atoms with van der Waals surface area (Å²) in [4.78, 5) is 16.5.